The van der Waals surface area contributed by atoms with Crippen molar-refractivity contribution in [3.05, 3.63) is 0 Å². The van der Waals surface area contributed by atoms with E-state index in [2.05, 4.69) is 4.90 Å². The Bertz CT molecular complexity index is 204. The van der Waals surface area contributed by atoms with Gasteiger partial charge in [-0.2, -0.15) is 11.8 Å². The first-order valence-electron chi connectivity index (χ1n) is 5.30. The predicted octanol–water partition coefficient (Wildman–Crippen LogP) is -0.126. The summed E-state index contributed by atoms with van der Waals surface area (Å²) in [6, 6.07) is 0. The van der Waals surface area contributed by atoms with Crippen LogP contribution in [0.15, 0.2) is 0 Å². The van der Waals surface area contributed by atoms with E-state index >= 15 is 0 Å². The fourth-order valence-corrected chi connectivity index (χ4v) is 2.20. The number of rotatable bonds is 4. The summed E-state index contributed by atoms with van der Waals surface area (Å²) in [5.74, 6) is 0.815. The fourth-order valence-electron chi connectivity index (χ4n) is 1.77. The maximum Gasteiger partial charge on any atom is 0.232 e. The molecule has 0 spiro atoms. The molecule has 1 amide bonds. The molecule has 0 unspecified atom stereocenters. The van der Waals surface area contributed by atoms with Gasteiger partial charge >= 0.3 is 0 Å². The molecule has 0 aromatic heterocycles. The molecule has 0 radical (unpaired) electrons. The number of amides is 1. The van der Waals surface area contributed by atoms with Crippen molar-refractivity contribution in [3.63, 3.8) is 0 Å². The van der Waals surface area contributed by atoms with Crippen LogP contribution in [-0.2, 0) is 4.79 Å². The summed E-state index contributed by atoms with van der Waals surface area (Å²) in [6.45, 7) is 5.87. The number of piperazine rings is 1. The van der Waals surface area contributed by atoms with E-state index in [1.54, 1.807) is 18.7 Å². The zero-order chi connectivity index (χ0) is 11.3. The second kappa shape index (κ2) is 6.35. The van der Waals surface area contributed by atoms with Gasteiger partial charge in [-0.05, 0) is 13.2 Å². The van der Waals surface area contributed by atoms with Crippen LogP contribution in [-0.4, -0.2) is 71.6 Å². The quantitative estimate of drug-likeness (QED) is 0.733. The molecule has 0 aromatic rings. The van der Waals surface area contributed by atoms with Crippen molar-refractivity contribution >= 4 is 17.7 Å². The van der Waals surface area contributed by atoms with Gasteiger partial charge in [0.15, 0.2) is 0 Å². The number of aliphatic hydroxyl groups excluding tert-OH is 1. The second-order valence-corrected chi connectivity index (χ2v) is 4.83. The monoisotopic (exact) mass is 232 g/mol. The standard InChI is InChI=1S/C10H20N2O2S/c1-9(13)7-11-3-5-12(6-4-11)10(14)8-15-2/h9,13H,3-8H2,1-2H3/t9-/m1/s1. The summed E-state index contributed by atoms with van der Waals surface area (Å²) < 4.78 is 0. The van der Waals surface area contributed by atoms with Gasteiger partial charge in [-0.15, -0.1) is 0 Å². The molecule has 1 heterocycles. The van der Waals surface area contributed by atoms with Gasteiger partial charge in [0.2, 0.25) is 5.91 Å². The highest BCUT2D eigenvalue weighted by Crippen LogP contribution is 2.05. The van der Waals surface area contributed by atoms with E-state index in [0.717, 1.165) is 26.2 Å². The Kier molecular flexibility index (Phi) is 5.42. The molecule has 5 heteroatoms. The second-order valence-electron chi connectivity index (χ2n) is 3.96. The average Bonchev–Trinajstić information content (AvgIpc) is 2.18. The van der Waals surface area contributed by atoms with Crippen LogP contribution in [0.2, 0.25) is 0 Å². The molecule has 4 nitrogen and oxygen atoms in total. The third-order valence-electron chi connectivity index (χ3n) is 2.52. The zero-order valence-electron chi connectivity index (χ0n) is 9.48. The molecule has 1 aliphatic heterocycles. The van der Waals surface area contributed by atoms with E-state index in [-0.39, 0.29) is 12.0 Å². The molecule has 1 fully saturated rings. The van der Waals surface area contributed by atoms with Crippen LogP contribution in [0, 0.1) is 0 Å². The largest absolute Gasteiger partial charge is 0.392 e. The van der Waals surface area contributed by atoms with E-state index in [9.17, 15) is 9.90 Å². The smallest absolute Gasteiger partial charge is 0.232 e. The molecule has 1 N–H and O–H groups in total. The third-order valence-corrected chi connectivity index (χ3v) is 3.05. The number of carbonyl (C=O) groups is 1. The van der Waals surface area contributed by atoms with Crippen molar-refractivity contribution in [2.24, 2.45) is 0 Å². The van der Waals surface area contributed by atoms with E-state index in [0.29, 0.717) is 12.3 Å². The number of β-amino-alcohol motifs (C(OH)–C–C–N with tert-alkyl or cyclic N) is 1. The lowest BCUT2D eigenvalue weighted by Crippen LogP contribution is -2.50. The van der Waals surface area contributed by atoms with Crippen LogP contribution < -0.4 is 0 Å². The lowest BCUT2D eigenvalue weighted by molar-refractivity contribution is -0.130. The normalized spacial score (nSPS) is 20.3. The topological polar surface area (TPSA) is 43.8 Å². The summed E-state index contributed by atoms with van der Waals surface area (Å²) in [5.41, 5.74) is 0. The van der Waals surface area contributed by atoms with Crippen LogP contribution >= 0.6 is 11.8 Å². The van der Waals surface area contributed by atoms with E-state index in [4.69, 9.17) is 0 Å². The minimum absolute atomic E-state index is 0.235. The lowest BCUT2D eigenvalue weighted by Gasteiger charge is -2.35. The summed E-state index contributed by atoms with van der Waals surface area (Å²) >= 11 is 1.57. The zero-order valence-corrected chi connectivity index (χ0v) is 10.3. The highest BCUT2D eigenvalue weighted by atomic mass is 32.2. The number of hydrogen-bond donors (Lipinski definition) is 1. The van der Waals surface area contributed by atoms with E-state index in [1.807, 2.05) is 11.2 Å². The Hall–Kier alpha value is -0.260. The minimum atomic E-state index is -0.279. The number of nitrogens with zero attached hydrogens (tertiary/aromatic N) is 2. The van der Waals surface area contributed by atoms with Crippen LogP contribution in [0.3, 0.4) is 0 Å². The first-order chi connectivity index (χ1) is 7.13. The molecule has 1 aliphatic rings. The van der Waals surface area contributed by atoms with Gasteiger partial charge in [0.1, 0.15) is 0 Å². The highest BCUT2D eigenvalue weighted by molar-refractivity contribution is 7.99. The van der Waals surface area contributed by atoms with Gasteiger partial charge in [-0.3, -0.25) is 9.69 Å². The first-order valence-corrected chi connectivity index (χ1v) is 6.70. The summed E-state index contributed by atoms with van der Waals surface area (Å²) in [7, 11) is 0. The van der Waals surface area contributed by atoms with Crippen molar-refractivity contribution < 1.29 is 9.90 Å². The first kappa shape index (κ1) is 12.8. The maximum atomic E-state index is 11.6. The highest BCUT2D eigenvalue weighted by Gasteiger charge is 2.20. The molecule has 0 saturated carbocycles. The minimum Gasteiger partial charge on any atom is -0.392 e. The molecular weight excluding hydrogens is 212 g/mol. The summed E-state index contributed by atoms with van der Waals surface area (Å²) in [4.78, 5) is 15.7. The van der Waals surface area contributed by atoms with Gasteiger partial charge in [-0.1, -0.05) is 0 Å². The lowest BCUT2D eigenvalue weighted by atomic mass is 10.3. The molecule has 0 aromatic carbocycles. The van der Waals surface area contributed by atoms with Crippen molar-refractivity contribution in [2.45, 2.75) is 13.0 Å². The Labute approximate surface area is 95.6 Å². The number of hydrogen-bond acceptors (Lipinski definition) is 4. The van der Waals surface area contributed by atoms with Crippen LogP contribution in [0.5, 0.6) is 0 Å². The van der Waals surface area contributed by atoms with Crippen LogP contribution in [0.4, 0.5) is 0 Å². The number of thioether (sulfide) groups is 1. The summed E-state index contributed by atoms with van der Waals surface area (Å²) in [6.07, 6.45) is 1.67. The predicted molar refractivity (Wildman–Crippen MR) is 63.1 cm³/mol. The van der Waals surface area contributed by atoms with Gasteiger partial charge < -0.3 is 10.0 Å². The summed E-state index contributed by atoms with van der Waals surface area (Å²) in [5, 5.41) is 9.24. The Morgan fingerprint density at radius 3 is 2.47 bits per heavy atom. The van der Waals surface area contributed by atoms with Gasteiger partial charge in [0.25, 0.3) is 0 Å². The van der Waals surface area contributed by atoms with Crippen LogP contribution in [0.1, 0.15) is 6.92 Å². The Morgan fingerprint density at radius 1 is 1.40 bits per heavy atom. The maximum absolute atomic E-state index is 11.6. The molecule has 1 rings (SSSR count). The number of aliphatic hydroxyl groups is 1. The van der Waals surface area contributed by atoms with Crippen molar-refractivity contribution in [1.82, 2.24) is 9.80 Å². The third kappa shape index (κ3) is 4.40. The Morgan fingerprint density at radius 2 is 2.00 bits per heavy atom. The van der Waals surface area contributed by atoms with Gasteiger partial charge in [-0.25, -0.2) is 0 Å². The van der Waals surface area contributed by atoms with Gasteiger partial charge in [0.05, 0.1) is 11.9 Å². The Balaban J connectivity index is 2.26. The van der Waals surface area contributed by atoms with Crippen molar-refractivity contribution in [1.29, 1.82) is 0 Å². The molecule has 0 aliphatic carbocycles. The molecular formula is C10H20N2O2S. The average molecular weight is 232 g/mol. The molecule has 15 heavy (non-hydrogen) atoms. The molecule has 1 saturated heterocycles. The van der Waals surface area contributed by atoms with E-state index in [1.165, 1.54) is 0 Å². The van der Waals surface area contributed by atoms with Crippen molar-refractivity contribution in [2.75, 3.05) is 44.7 Å². The fraction of sp³-hybridized carbons (Fsp3) is 0.900. The van der Waals surface area contributed by atoms with Crippen molar-refractivity contribution in [3.8, 4) is 0 Å². The molecule has 0 bridgehead atoms. The SMILES string of the molecule is CSCC(=O)N1CCN(C[C@@H](C)O)CC1. The van der Waals surface area contributed by atoms with E-state index < -0.39 is 0 Å². The van der Waals surface area contributed by atoms with Crippen LogP contribution in [0.25, 0.3) is 0 Å². The molecule has 1 atom stereocenters. The molecule has 88 valence electrons. The van der Waals surface area contributed by atoms with Gasteiger partial charge in [0, 0.05) is 32.7 Å². The number of carbonyl (C=O) groups excluding carboxylic acids is 1.